The fourth-order valence-corrected chi connectivity index (χ4v) is 2.81. The Morgan fingerprint density at radius 2 is 2.06 bits per heavy atom. The minimum atomic E-state index is -0.512. The summed E-state index contributed by atoms with van der Waals surface area (Å²) in [5.74, 6) is 0.257. The average molecular weight is 317 g/mol. The van der Waals surface area contributed by atoms with E-state index in [1.165, 1.54) is 25.0 Å². The molecule has 3 heteroatoms. The Kier molecular flexibility index (Phi) is 6.87. The molecule has 0 aliphatic rings. The van der Waals surface area contributed by atoms with Crippen LogP contribution in [0.5, 0.6) is 0 Å². The summed E-state index contributed by atoms with van der Waals surface area (Å²) in [6, 6.07) is 4.47. The number of unbranched alkanes of at least 4 members (excludes halogenated alkanes) is 1. The van der Waals surface area contributed by atoms with Crippen LogP contribution >= 0.6 is 15.9 Å². The van der Waals surface area contributed by atoms with E-state index in [1.807, 2.05) is 0 Å². The van der Waals surface area contributed by atoms with Crippen LogP contribution in [0.1, 0.15) is 57.6 Å². The highest BCUT2D eigenvalue weighted by Gasteiger charge is 2.16. The lowest BCUT2D eigenvalue weighted by molar-refractivity contribution is 0.138. The Labute approximate surface area is 118 Å². The zero-order valence-electron chi connectivity index (χ0n) is 11.1. The normalized spacial score (nSPS) is 14.5. The lowest BCUT2D eigenvalue weighted by atomic mass is 9.91. The van der Waals surface area contributed by atoms with Gasteiger partial charge in [0.2, 0.25) is 0 Å². The van der Waals surface area contributed by atoms with Crippen molar-refractivity contribution < 1.29 is 9.50 Å². The predicted molar refractivity (Wildman–Crippen MR) is 77.0 cm³/mol. The van der Waals surface area contributed by atoms with Gasteiger partial charge in [0.05, 0.1) is 6.10 Å². The molecule has 0 spiro atoms. The highest BCUT2D eigenvalue weighted by Crippen LogP contribution is 2.31. The van der Waals surface area contributed by atoms with Gasteiger partial charge in [0, 0.05) is 4.47 Å². The van der Waals surface area contributed by atoms with Crippen LogP contribution in [0.3, 0.4) is 0 Å². The topological polar surface area (TPSA) is 20.2 Å². The van der Waals surface area contributed by atoms with Crippen LogP contribution in [0.15, 0.2) is 22.7 Å². The van der Waals surface area contributed by atoms with Crippen LogP contribution in [0.25, 0.3) is 0 Å². The monoisotopic (exact) mass is 316 g/mol. The number of rotatable bonds is 7. The fraction of sp³-hybridized carbons (Fsp3) is 0.600. The van der Waals surface area contributed by atoms with E-state index < -0.39 is 6.10 Å². The van der Waals surface area contributed by atoms with E-state index >= 15 is 0 Å². The maximum absolute atomic E-state index is 13.0. The molecule has 1 aromatic rings. The largest absolute Gasteiger partial charge is 0.388 e. The van der Waals surface area contributed by atoms with Crippen LogP contribution < -0.4 is 0 Å². The van der Waals surface area contributed by atoms with Crippen LogP contribution in [-0.2, 0) is 0 Å². The van der Waals surface area contributed by atoms with Crippen molar-refractivity contribution in [3.8, 4) is 0 Å². The number of hydrogen-bond donors (Lipinski definition) is 1. The van der Waals surface area contributed by atoms with E-state index in [2.05, 4.69) is 29.8 Å². The van der Waals surface area contributed by atoms with Gasteiger partial charge in [-0.15, -0.1) is 0 Å². The Morgan fingerprint density at radius 1 is 1.33 bits per heavy atom. The molecular weight excluding hydrogens is 295 g/mol. The Morgan fingerprint density at radius 3 is 2.61 bits per heavy atom. The first-order chi connectivity index (χ1) is 8.58. The zero-order valence-corrected chi connectivity index (χ0v) is 12.7. The third kappa shape index (κ3) is 4.69. The van der Waals surface area contributed by atoms with Gasteiger partial charge < -0.3 is 5.11 Å². The van der Waals surface area contributed by atoms with Gasteiger partial charge >= 0.3 is 0 Å². The Bertz CT molecular complexity index is 368. The second kappa shape index (κ2) is 7.90. The number of halogens is 2. The van der Waals surface area contributed by atoms with Gasteiger partial charge in [-0.1, -0.05) is 61.5 Å². The number of benzene rings is 1. The van der Waals surface area contributed by atoms with Gasteiger partial charge in [0.15, 0.2) is 0 Å². The smallest absolute Gasteiger partial charge is 0.124 e. The van der Waals surface area contributed by atoms with Crippen molar-refractivity contribution >= 4 is 15.9 Å². The first-order valence-electron chi connectivity index (χ1n) is 6.71. The van der Waals surface area contributed by atoms with Crippen molar-refractivity contribution in [3.63, 3.8) is 0 Å². The Hall–Kier alpha value is -0.410. The molecule has 0 bridgehead atoms. The van der Waals surface area contributed by atoms with E-state index in [1.54, 1.807) is 6.07 Å². The molecule has 0 saturated carbocycles. The molecule has 2 atom stereocenters. The molecule has 0 radical (unpaired) electrons. The third-order valence-corrected chi connectivity index (χ3v) is 4.11. The van der Waals surface area contributed by atoms with Gasteiger partial charge in [-0.25, -0.2) is 4.39 Å². The quantitative estimate of drug-likeness (QED) is 0.730. The molecule has 1 nitrogen and oxygen atoms in total. The summed E-state index contributed by atoms with van der Waals surface area (Å²) < 4.78 is 13.6. The number of hydrogen-bond acceptors (Lipinski definition) is 1. The molecule has 0 aromatic heterocycles. The molecule has 1 N–H and O–H groups in total. The van der Waals surface area contributed by atoms with Gasteiger partial charge in [-0.05, 0) is 30.0 Å². The molecular formula is C15H22BrFO. The second-order valence-electron chi connectivity index (χ2n) is 4.83. The molecule has 0 heterocycles. The molecule has 0 aliphatic heterocycles. The standard InChI is InChI=1S/C15H22BrFO/c1-3-5-6-11(4-2)9-15(18)13-8-7-12(17)10-14(13)16/h7-8,10-11,15,18H,3-6,9H2,1-2H3. The summed E-state index contributed by atoms with van der Waals surface area (Å²) in [6.45, 7) is 4.34. The zero-order chi connectivity index (χ0) is 13.5. The highest BCUT2D eigenvalue weighted by molar-refractivity contribution is 9.10. The van der Waals surface area contributed by atoms with Gasteiger partial charge in [0.1, 0.15) is 5.82 Å². The molecule has 0 fully saturated rings. The first kappa shape index (κ1) is 15.6. The van der Waals surface area contributed by atoms with Crippen LogP contribution in [0.4, 0.5) is 4.39 Å². The summed E-state index contributed by atoms with van der Waals surface area (Å²) in [7, 11) is 0. The van der Waals surface area contributed by atoms with E-state index in [0.717, 1.165) is 24.8 Å². The molecule has 2 unspecified atom stereocenters. The highest BCUT2D eigenvalue weighted by atomic mass is 79.9. The van der Waals surface area contributed by atoms with Gasteiger partial charge in [-0.2, -0.15) is 0 Å². The third-order valence-electron chi connectivity index (χ3n) is 3.42. The van der Waals surface area contributed by atoms with Crippen molar-refractivity contribution in [2.45, 2.75) is 52.1 Å². The minimum absolute atomic E-state index is 0.282. The number of aliphatic hydroxyl groups is 1. The molecule has 0 aliphatic carbocycles. The van der Waals surface area contributed by atoms with Crippen LogP contribution in [-0.4, -0.2) is 5.11 Å². The molecule has 1 rings (SSSR count). The lowest BCUT2D eigenvalue weighted by Crippen LogP contribution is -2.07. The summed E-state index contributed by atoms with van der Waals surface area (Å²) in [6.07, 6.45) is 4.86. The molecule has 18 heavy (non-hydrogen) atoms. The SMILES string of the molecule is CCCCC(CC)CC(O)c1ccc(F)cc1Br. The van der Waals surface area contributed by atoms with Crippen molar-refractivity contribution in [2.75, 3.05) is 0 Å². The molecule has 0 amide bonds. The Balaban J connectivity index is 2.65. The number of aliphatic hydroxyl groups excluding tert-OH is 1. The van der Waals surface area contributed by atoms with E-state index in [0.29, 0.717) is 10.4 Å². The van der Waals surface area contributed by atoms with Crippen LogP contribution in [0.2, 0.25) is 0 Å². The summed E-state index contributed by atoms with van der Waals surface area (Å²) >= 11 is 3.31. The molecule has 102 valence electrons. The van der Waals surface area contributed by atoms with E-state index in [-0.39, 0.29) is 5.82 Å². The van der Waals surface area contributed by atoms with Crippen molar-refractivity contribution in [1.82, 2.24) is 0 Å². The van der Waals surface area contributed by atoms with E-state index in [4.69, 9.17) is 0 Å². The predicted octanol–water partition coefficient (Wildman–Crippen LogP) is 5.23. The maximum Gasteiger partial charge on any atom is 0.124 e. The van der Waals surface area contributed by atoms with E-state index in [9.17, 15) is 9.50 Å². The van der Waals surface area contributed by atoms with Gasteiger partial charge in [-0.3, -0.25) is 0 Å². The summed E-state index contributed by atoms with van der Waals surface area (Å²) in [4.78, 5) is 0. The fourth-order valence-electron chi connectivity index (χ4n) is 2.20. The maximum atomic E-state index is 13.0. The summed E-state index contributed by atoms with van der Waals surface area (Å²) in [5.41, 5.74) is 0.784. The second-order valence-corrected chi connectivity index (χ2v) is 5.69. The van der Waals surface area contributed by atoms with Crippen molar-refractivity contribution in [1.29, 1.82) is 0 Å². The molecule has 1 aromatic carbocycles. The minimum Gasteiger partial charge on any atom is -0.388 e. The van der Waals surface area contributed by atoms with Crippen LogP contribution in [0, 0.1) is 11.7 Å². The molecule has 0 saturated heterocycles. The van der Waals surface area contributed by atoms with Crippen molar-refractivity contribution in [3.05, 3.63) is 34.1 Å². The lowest BCUT2D eigenvalue weighted by Gasteiger charge is -2.20. The first-order valence-corrected chi connectivity index (χ1v) is 7.50. The van der Waals surface area contributed by atoms with Gasteiger partial charge in [0.25, 0.3) is 0 Å². The summed E-state index contributed by atoms with van der Waals surface area (Å²) in [5, 5.41) is 10.2. The van der Waals surface area contributed by atoms with Crippen molar-refractivity contribution in [2.24, 2.45) is 5.92 Å². The average Bonchev–Trinajstić information content (AvgIpc) is 2.34.